The van der Waals surface area contributed by atoms with E-state index in [4.69, 9.17) is 0 Å². The fourth-order valence-electron chi connectivity index (χ4n) is 2.99. The van der Waals surface area contributed by atoms with E-state index in [0.29, 0.717) is 5.69 Å². The topological polar surface area (TPSA) is 95.6 Å². The van der Waals surface area contributed by atoms with Gasteiger partial charge in [-0.05, 0) is 36.6 Å². The number of hydrogen-bond acceptors (Lipinski definition) is 5. The summed E-state index contributed by atoms with van der Waals surface area (Å²) < 4.78 is 27.1. The van der Waals surface area contributed by atoms with Crippen molar-refractivity contribution in [3.8, 4) is 0 Å². The molecule has 0 radical (unpaired) electrons. The summed E-state index contributed by atoms with van der Waals surface area (Å²) in [7, 11) is -3.88. The summed E-state index contributed by atoms with van der Waals surface area (Å²) in [4.78, 5) is 26.0. The van der Waals surface area contributed by atoms with E-state index in [9.17, 15) is 18.0 Å². The third kappa shape index (κ3) is 4.54. The number of hydrogen-bond donors (Lipinski definition) is 2. The first-order valence-corrected chi connectivity index (χ1v) is 11.4. The van der Waals surface area contributed by atoms with E-state index in [0.717, 1.165) is 9.20 Å². The van der Waals surface area contributed by atoms with Gasteiger partial charge >= 0.3 is 0 Å². The van der Waals surface area contributed by atoms with Gasteiger partial charge in [-0.2, -0.15) is 4.31 Å². The normalized spacial score (nSPS) is 17.8. The summed E-state index contributed by atoms with van der Waals surface area (Å²) >= 11 is 1.54. The number of benzene rings is 2. The zero-order valence-electron chi connectivity index (χ0n) is 15.3. The molecular weight excluding hydrogens is 398 g/mol. The molecule has 0 unspecified atom stereocenters. The number of anilines is 1. The molecule has 7 nitrogen and oxygen atoms in total. The highest BCUT2D eigenvalue weighted by Crippen LogP contribution is 2.23. The van der Waals surface area contributed by atoms with Crippen molar-refractivity contribution in [2.45, 2.75) is 22.3 Å². The highest BCUT2D eigenvalue weighted by atomic mass is 32.2. The molecule has 0 spiro atoms. The predicted molar refractivity (Wildman–Crippen MR) is 109 cm³/mol. The minimum atomic E-state index is -3.88. The lowest BCUT2D eigenvalue weighted by atomic mass is 10.1. The molecule has 2 aromatic carbocycles. The SMILES string of the molecule is CSc1cccc(NC(=O)C[C@@H]2C(=O)NCCN2S(=O)(=O)c2ccccc2)c1. The van der Waals surface area contributed by atoms with Crippen molar-refractivity contribution in [2.24, 2.45) is 0 Å². The Morgan fingerprint density at radius 2 is 1.96 bits per heavy atom. The van der Waals surface area contributed by atoms with Crippen molar-refractivity contribution in [2.75, 3.05) is 24.7 Å². The zero-order chi connectivity index (χ0) is 20.1. The molecule has 1 aliphatic rings. The van der Waals surface area contributed by atoms with Gasteiger partial charge in [0.1, 0.15) is 6.04 Å². The van der Waals surface area contributed by atoms with Gasteiger partial charge in [-0.3, -0.25) is 9.59 Å². The van der Waals surface area contributed by atoms with Crippen molar-refractivity contribution < 1.29 is 18.0 Å². The monoisotopic (exact) mass is 419 g/mol. The summed E-state index contributed by atoms with van der Waals surface area (Å²) in [5.74, 6) is -0.896. The van der Waals surface area contributed by atoms with Gasteiger partial charge in [-0.25, -0.2) is 8.42 Å². The molecule has 1 aliphatic heterocycles. The zero-order valence-corrected chi connectivity index (χ0v) is 16.9. The molecule has 1 heterocycles. The van der Waals surface area contributed by atoms with Crippen LogP contribution in [0.15, 0.2) is 64.4 Å². The molecule has 2 N–H and O–H groups in total. The van der Waals surface area contributed by atoms with Gasteiger partial charge in [0.25, 0.3) is 0 Å². The smallest absolute Gasteiger partial charge is 0.243 e. The fraction of sp³-hybridized carbons (Fsp3) is 0.263. The molecule has 1 atom stereocenters. The van der Waals surface area contributed by atoms with E-state index in [1.54, 1.807) is 36.0 Å². The minimum Gasteiger partial charge on any atom is -0.353 e. The maximum absolute atomic E-state index is 13.0. The second-order valence-electron chi connectivity index (χ2n) is 6.22. The van der Waals surface area contributed by atoms with Crippen LogP contribution >= 0.6 is 11.8 Å². The molecule has 0 aliphatic carbocycles. The van der Waals surface area contributed by atoms with Crippen LogP contribution in [0.3, 0.4) is 0 Å². The van der Waals surface area contributed by atoms with Crippen molar-refractivity contribution in [3.05, 3.63) is 54.6 Å². The molecule has 28 heavy (non-hydrogen) atoms. The van der Waals surface area contributed by atoms with Gasteiger partial charge in [-0.15, -0.1) is 11.8 Å². The van der Waals surface area contributed by atoms with E-state index < -0.39 is 27.9 Å². The lowest BCUT2D eigenvalue weighted by Gasteiger charge is -2.33. The molecule has 3 rings (SSSR count). The van der Waals surface area contributed by atoms with Gasteiger partial charge in [0.05, 0.1) is 11.3 Å². The second kappa shape index (κ2) is 8.76. The van der Waals surface area contributed by atoms with E-state index in [1.807, 2.05) is 24.5 Å². The summed E-state index contributed by atoms with van der Waals surface area (Å²) in [6, 6.07) is 14.1. The second-order valence-corrected chi connectivity index (χ2v) is 8.99. The Morgan fingerprint density at radius 3 is 2.68 bits per heavy atom. The number of amides is 2. The number of nitrogens with one attached hydrogen (secondary N) is 2. The van der Waals surface area contributed by atoms with Crippen LogP contribution in [-0.2, 0) is 19.6 Å². The average molecular weight is 420 g/mol. The highest BCUT2D eigenvalue weighted by Gasteiger charge is 2.39. The van der Waals surface area contributed by atoms with E-state index in [-0.39, 0.29) is 24.4 Å². The standard InChI is InChI=1S/C19H21N3O4S2/c1-27-15-7-5-6-14(12-15)21-18(23)13-17-19(24)20-10-11-22(17)28(25,26)16-8-3-2-4-9-16/h2-9,12,17H,10-11,13H2,1H3,(H,20,24)(H,21,23)/t17-/m1/s1. The van der Waals surface area contributed by atoms with Crippen LogP contribution in [0.4, 0.5) is 5.69 Å². The van der Waals surface area contributed by atoms with Crippen LogP contribution in [-0.4, -0.2) is 49.9 Å². The molecular formula is C19H21N3O4S2. The fourth-order valence-corrected chi connectivity index (χ4v) is 5.06. The number of carbonyl (C=O) groups is 2. The van der Waals surface area contributed by atoms with Crippen LogP contribution in [0.1, 0.15) is 6.42 Å². The quantitative estimate of drug-likeness (QED) is 0.698. The Hall–Kier alpha value is -2.36. The Morgan fingerprint density at radius 1 is 1.21 bits per heavy atom. The Labute approximate surface area is 168 Å². The van der Waals surface area contributed by atoms with Crippen LogP contribution in [0, 0.1) is 0 Å². The molecule has 0 saturated carbocycles. The highest BCUT2D eigenvalue weighted by molar-refractivity contribution is 7.98. The number of carbonyl (C=O) groups excluding carboxylic acids is 2. The van der Waals surface area contributed by atoms with Crippen LogP contribution in [0.5, 0.6) is 0 Å². The summed E-state index contributed by atoms with van der Waals surface area (Å²) in [5, 5.41) is 5.39. The number of thioether (sulfide) groups is 1. The number of nitrogens with zero attached hydrogens (tertiary/aromatic N) is 1. The molecule has 2 amide bonds. The number of piperazine rings is 1. The van der Waals surface area contributed by atoms with Crippen molar-refractivity contribution in [1.82, 2.24) is 9.62 Å². The van der Waals surface area contributed by atoms with Crippen LogP contribution in [0.2, 0.25) is 0 Å². The molecule has 0 bridgehead atoms. The van der Waals surface area contributed by atoms with E-state index >= 15 is 0 Å². The lowest BCUT2D eigenvalue weighted by Crippen LogP contribution is -2.57. The van der Waals surface area contributed by atoms with E-state index in [2.05, 4.69) is 10.6 Å². The Kier molecular flexibility index (Phi) is 6.38. The third-order valence-electron chi connectivity index (χ3n) is 4.36. The Balaban J connectivity index is 1.79. The minimum absolute atomic E-state index is 0.0998. The molecule has 148 valence electrons. The van der Waals surface area contributed by atoms with Gasteiger partial charge in [0.2, 0.25) is 21.8 Å². The maximum atomic E-state index is 13.0. The van der Waals surface area contributed by atoms with Crippen molar-refractivity contribution >= 4 is 39.3 Å². The molecule has 2 aromatic rings. The third-order valence-corrected chi connectivity index (χ3v) is 7.01. The van der Waals surface area contributed by atoms with Gasteiger partial charge in [0.15, 0.2) is 0 Å². The van der Waals surface area contributed by atoms with Crippen LogP contribution < -0.4 is 10.6 Å². The molecule has 0 aromatic heterocycles. The summed E-state index contributed by atoms with van der Waals surface area (Å²) in [6.45, 7) is 0.321. The molecule has 1 saturated heterocycles. The summed E-state index contributed by atoms with van der Waals surface area (Å²) in [5.41, 5.74) is 0.602. The first kappa shape index (κ1) is 20.4. The summed E-state index contributed by atoms with van der Waals surface area (Å²) in [6.07, 6.45) is 1.67. The van der Waals surface area contributed by atoms with Gasteiger partial charge < -0.3 is 10.6 Å². The molecule has 9 heteroatoms. The lowest BCUT2D eigenvalue weighted by molar-refractivity contribution is -0.130. The van der Waals surface area contributed by atoms with Crippen molar-refractivity contribution in [3.63, 3.8) is 0 Å². The largest absolute Gasteiger partial charge is 0.353 e. The van der Waals surface area contributed by atoms with Crippen molar-refractivity contribution in [1.29, 1.82) is 0 Å². The van der Waals surface area contributed by atoms with Crippen LogP contribution in [0.25, 0.3) is 0 Å². The number of sulfonamides is 1. The number of rotatable bonds is 6. The Bertz CT molecular complexity index is 964. The first-order valence-electron chi connectivity index (χ1n) is 8.70. The first-order chi connectivity index (χ1) is 13.4. The van der Waals surface area contributed by atoms with E-state index in [1.165, 1.54) is 12.1 Å². The van der Waals surface area contributed by atoms with Gasteiger partial charge in [0, 0.05) is 23.7 Å². The predicted octanol–water partition coefficient (Wildman–Crippen LogP) is 1.93. The average Bonchev–Trinajstić information content (AvgIpc) is 2.70. The van der Waals surface area contributed by atoms with Gasteiger partial charge in [-0.1, -0.05) is 24.3 Å². The molecule has 1 fully saturated rings. The maximum Gasteiger partial charge on any atom is 0.243 e.